The second-order valence-corrected chi connectivity index (χ2v) is 2.95. The van der Waals surface area contributed by atoms with E-state index < -0.39 is 17.6 Å². The van der Waals surface area contributed by atoms with E-state index in [2.05, 4.69) is 5.32 Å². The van der Waals surface area contributed by atoms with Gasteiger partial charge < -0.3 is 10.2 Å². The average Bonchev–Trinajstić information content (AvgIpc) is 2.24. The molecule has 80 valence electrons. The lowest BCUT2D eigenvalue weighted by molar-refractivity contribution is 0.289. The summed E-state index contributed by atoms with van der Waals surface area (Å²) in [6.45, 7) is 0.152. The maximum absolute atomic E-state index is 13.0. The smallest absolute Gasteiger partial charge is 0.165 e. The van der Waals surface area contributed by atoms with Gasteiger partial charge >= 0.3 is 0 Å². The van der Waals surface area contributed by atoms with Crippen LogP contribution in [0, 0.1) is 17.1 Å². The molecule has 0 aliphatic heterocycles. The highest BCUT2D eigenvalue weighted by molar-refractivity contribution is 5.32. The van der Waals surface area contributed by atoms with Crippen LogP contribution in [0.1, 0.15) is 11.6 Å². The molecule has 5 heteroatoms. The van der Waals surface area contributed by atoms with Gasteiger partial charge in [0.2, 0.25) is 0 Å². The first-order chi connectivity index (χ1) is 7.19. The molecule has 0 radical (unpaired) electrons. The number of aliphatic hydroxyl groups is 1. The van der Waals surface area contributed by atoms with Crippen LogP contribution in [0.5, 0.6) is 5.75 Å². The Morgan fingerprint density at radius 1 is 1.53 bits per heavy atom. The van der Waals surface area contributed by atoms with Gasteiger partial charge in [-0.25, -0.2) is 4.39 Å². The molecule has 3 N–H and O–H groups in total. The summed E-state index contributed by atoms with van der Waals surface area (Å²) < 4.78 is 13.0. The van der Waals surface area contributed by atoms with Crippen molar-refractivity contribution in [2.75, 3.05) is 13.2 Å². The van der Waals surface area contributed by atoms with Crippen molar-refractivity contribution in [1.29, 1.82) is 5.26 Å². The Balaban J connectivity index is 2.84. The number of phenols is 1. The Morgan fingerprint density at radius 3 is 2.80 bits per heavy atom. The Hall–Kier alpha value is -1.64. The summed E-state index contributed by atoms with van der Waals surface area (Å²) in [5.74, 6) is -1.21. The minimum Gasteiger partial charge on any atom is -0.505 e. The molecule has 0 bridgehead atoms. The minimum absolute atomic E-state index is 0.0985. The number of aliphatic hydroxyl groups excluding tert-OH is 1. The van der Waals surface area contributed by atoms with Gasteiger partial charge in [-0.05, 0) is 17.7 Å². The number of nitrogens with one attached hydrogen (secondary N) is 1. The Kier molecular flexibility index (Phi) is 4.03. The van der Waals surface area contributed by atoms with Crippen molar-refractivity contribution >= 4 is 0 Å². The predicted molar refractivity (Wildman–Crippen MR) is 51.5 cm³/mol. The van der Waals surface area contributed by atoms with Gasteiger partial charge in [0.1, 0.15) is 6.04 Å². The number of halogens is 1. The van der Waals surface area contributed by atoms with Gasteiger partial charge in [0, 0.05) is 6.54 Å². The quantitative estimate of drug-likeness (QED) is 0.683. The van der Waals surface area contributed by atoms with Crippen LogP contribution in [-0.2, 0) is 0 Å². The molecule has 1 rings (SSSR count). The maximum Gasteiger partial charge on any atom is 0.165 e. The second-order valence-electron chi connectivity index (χ2n) is 2.95. The fourth-order valence-electron chi connectivity index (χ4n) is 1.15. The van der Waals surface area contributed by atoms with Gasteiger partial charge in [0.25, 0.3) is 0 Å². The lowest BCUT2D eigenvalue weighted by Crippen LogP contribution is -2.23. The summed E-state index contributed by atoms with van der Waals surface area (Å²) in [5, 5.41) is 29.0. The van der Waals surface area contributed by atoms with Crippen molar-refractivity contribution < 1.29 is 14.6 Å². The van der Waals surface area contributed by atoms with Crippen molar-refractivity contribution in [3.05, 3.63) is 29.6 Å². The van der Waals surface area contributed by atoms with Gasteiger partial charge in [0.05, 0.1) is 12.7 Å². The van der Waals surface area contributed by atoms with Crippen LogP contribution in [0.3, 0.4) is 0 Å². The number of hydrogen-bond donors (Lipinski definition) is 3. The van der Waals surface area contributed by atoms with Gasteiger partial charge in [-0.3, -0.25) is 5.32 Å². The predicted octanol–water partition coefficient (Wildman–Crippen LogP) is 0.678. The summed E-state index contributed by atoms with van der Waals surface area (Å²) >= 11 is 0. The molecule has 0 saturated carbocycles. The molecule has 0 aliphatic carbocycles. The van der Waals surface area contributed by atoms with E-state index in [9.17, 15) is 4.39 Å². The van der Waals surface area contributed by atoms with E-state index in [1.807, 2.05) is 6.07 Å². The van der Waals surface area contributed by atoms with Crippen molar-refractivity contribution in [2.24, 2.45) is 0 Å². The summed E-state index contributed by atoms with van der Waals surface area (Å²) in [5.41, 5.74) is 0.418. The Labute approximate surface area is 86.6 Å². The average molecular weight is 210 g/mol. The number of rotatable bonds is 4. The van der Waals surface area contributed by atoms with Crippen LogP contribution in [0.25, 0.3) is 0 Å². The largest absolute Gasteiger partial charge is 0.505 e. The van der Waals surface area contributed by atoms with E-state index in [0.29, 0.717) is 5.56 Å². The van der Waals surface area contributed by atoms with Gasteiger partial charge in [-0.1, -0.05) is 6.07 Å². The van der Waals surface area contributed by atoms with Crippen LogP contribution in [0.15, 0.2) is 18.2 Å². The summed E-state index contributed by atoms with van der Waals surface area (Å²) in [7, 11) is 0. The van der Waals surface area contributed by atoms with E-state index in [4.69, 9.17) is 15.5 Å². The molecule has 0 amide bonds. The monoisotopic (exact) mass is 210 g/mol. The summed E-state index contributed by atoms with van der Waals surface area (Å²) in [6.07, 6.45) is 0. The molecule has 1 aromatic carbocycles. The van der Waals surface area contributed by atoms with Crippen molar-refractivity contribution in [3.8, 4) is 11.8 Å². The third-order valence-corrected chi connectivity index (χ3v) is 1.89. The van der Waals surface area contributed by atoms with E-state index in [-0.39, 0.29) is 13.2 Å². The highest BCUT2D eigenvalue weighted by Gasteiger charge is 2.11. The summed E-state index contributed by atoms with van der Waals surface area (Å²) in [4.78, 5) is 0. The zero-order valence-electron chi connectivity index (χ0n) is 7.94. The molecule has 0 spiro atoms. The molecular weight excluding hydrogens is 199 g/mol. The fourth-order valence-corrected chi connectivity index (χ4v) is 1.15. The molecule has 1 aromatic rings. The first kappa shape index (κ1) is 11.4. The lowest BCUT2D eigenvalue weighted by Gasteiger charge is -2.10. The Bertz CT molecular complexity index is 376. The molecule has 0 heterocycles. The van der Waals surface area contributed by atoms with E-state index in [1.54, 1.807) is 0 Å². The normalized spacial score (nSPS) is 12.1. The molecule has 0 fully saturated rings. The maximum atomic E-state index is 13.0. The number of nitriles is 1. The number of nitrogens with zero attached hydrogens (tertiary/aromatic N) is 1. The number of benzene rings is 1. The molecular formula is C10H11FN2O2. The topological polar surface area (TPSA) is 76.3 Å². The third kappa shape index (κ3) is 2.91. The molecule has 15 heavy (non-hydrogen) atoms. The minimum atomic E-state index is -0.765. The van der Waals surface area contributed by atoms with Crippen LogP contribution >= 0.6 is 0 Å². The second kappa shape index (κ2) is 5.29. The first-order valence-electron chi connectivity index (χ1n) is 4.41. The van der Waals surface area contributed by atoms with E-state index >= 15 is 0 Å². The number of phenolic OH excluding ortho intramolecular Hbond substituents is 1. The van der Waals surface area contributed by atoms with Crippen molar-refractivity contribution in [1.82, 2.24) is 5.32 Å². The van der Waals surface area contributed by atoms with Crippen LogP contribution in [0.2, 0.25) is 0 Å². The zero-order valence-corrected chi connectivity index (χ0v) is 7.94. The van der Waals surface area contributed by atoms with Crippen LogP contribution in [0.4, 0.5) is 4.39 Å². The van der Waals surface area contributed by atoms with E-state index in [1.165, 1.54) is 12.1 Å². The van der Waals surface area contributed by atoms with Crippen molar-refractivity contribution in [3.63, 3.8) is 0 Å². The highest BCUT2D eigenvalue weighted by Crippen LogP contribution is 2.20. The molecule has 1 atom stereocenters. The van der Waals surface area contributed by atoms with Gasteiger partial charge in [0.15, 0.2) is 11.6 Å². The van der Waals surface area contributed by atoms with Crippen molar-refractivity contribution in [2.45, 2.75) is 6.04 Å². The van der Waals surface area contributed by atoms with Crippen LogP contribution < -0.4 is 5.32 Å². The van der Waals surface area contributed by atoms with Crippen LogP contribution in [-0.4, -0.2) is 23.4 Å². The third-order valence-electron chi connectivity index (χ3n) is 1.89. The van der Waals surface area contributed by atoms with Gasteiger partial charge in [-0.15, -0.1) is 0 Å². The fraction of sp³-hybridized carbons (Fsp3) is 0.300. The zero-order chi connectivity index (χ0) is 11.3. The summed E-state index contributed by atoms with van der Waals surface area (Å²) in [6, 6.07) is 4.98. The van der Waals surface area contributed by atoms with E-state index in [0.717, 1.165) is 6.07 Å². The number of hydrogen-bond acceptors (Lipinski definition) is 4. The molecule has 4 nitrogen and oxygen atoms in total. The van der Waals surface area contributed by atoms with Gasteiger partial charge in [-0.2, -0.15) is 5.26 Å². The number of aromatic hydroxyl groups is 1. The highest BCUT2D eigenvalue weighted by atomic mass is 19.1. The Morgan fingerprint density at radius 2 is 2.27 bits per heavy atom. The standard InChI is InChI=1S/C10H11FN2O2/c11-8-5-7(1-2-10(8)15)9(6-12)13-3-4-14/h1-2,5,9,13-15H,3-4H2. The molecule has 0 aromatic heterocycles. The lowest BCUT2D eigenvalue weighted by atomic mass is 10.1. The first-order valence-corrected chi connectivity index (χ1v) is 4.41. The SMILES string of the molecule is N#CC(NCCO)c1ccc(O)c(F)c1. The molecule has 1 unspecified atom stereocenters. The molecule has 0 aliphatic rings. The molecule has 0 saturated heterocycles.